The lowest BCUT2D eigenvalue weighted by molar-refractivity contribution is -0.138. The Labute approximate surface area is 489 Å². The first-order valence-electron chi connectivity index (χ1n) is 26.2. The number of hydrogen-bond acceptors (Lipinski definition) is 20. The summed E-state index contributed by atoms with van der Waals surface area (Å²) in [5.41, 5.74) is 1.52. The van der Waals surface area contributed by atoms with Crippen LogP contribution in [-0.4, -0.2) is 166 Å². The Balaban J connectivity index is 0.000000311. The van der Waals surface area contributed by atoms with Gasteiger partial charge >= 0.3 is 24.1 Å². The second kappa shape index (κ2) is 30.5. The van der Waals surface area contributed by atoms with Crippen LogP contribution in [0.1, 0.15) is 38.8 Å². The Morgan fingerprint density at radius 3 is 1.24 bits per heavy atom. The van der Waals surface area contributed by atoms with Gasteiger partial charge in [0.15, 0.2) is 31.3 Å². The number of ether oxygens (including phenoxy) is 2. The summed E-state index contributed by atoms with van der Waals surface area (Å²) in [5, 5.41) is 31.3. The molecule has 0 radical (unpaired) electrons. The number of carbonyl (C=O) groups excluding carboxylic acids is 2. The van der Waals surface area contributed by atoms with Crippen LogP contribution >= 0.6 is 0 Å². The molecule has 24 nitrogen and oxygen atoms in total. The summed E-state index contributed by atoms with van der Waals surface area (Å²) in [6.45, 7) is 9.67. The number of nitrogens with one attached hydrogen (secondary N) is 4. The first-order valence-corrected chi connectivity index (χ1v) is 29.5. The largest absolute Gasteiger partial charge is 0.480 e. The average Bonchev–Trinajstić information content (AvgIpc) is 3.38. The number of carboxylic acid groups (broad SMARTS) is 2. The minimum atomic E-state index is -4.21. The monoisotopic (exact) mass is 1230 g/mol. The first kappa shape index (κ1) is 66.7. The summed E-state index contributed by atoms with van der Waals surface area (Å²) >= 11 is 0. The van der Waals surface area contributed by atoms with Crippen molar-refractivity contribution in [3.8, 4) is 11.5 Å². The number of benzene rings is 4. The molecule has 2 unspecified atom stereocenters. The zero-order chi connectivity index (χ0) is 62.8. The van der Waals surface area contributed by atoms with Crippen molar-refractivity contribution in [3.05, 3.63) is 132 Å². The van der Waals surface area contributed by atoms with Crippen LogP contribution in [-0.2, 0) is 42.1 Å². The lowest BCUT2D eigenvalue weighted by Crippen LogP contribution is -2.33. The summed E-state index contributed by atoms with van der Waals surface area (Å²) in [5.74, 6) is -6.47. The van der Waals surface area contributed by atoms with Gasteiger partial charge in [-0.2, -0.15) is 9.97 Å². The Bertz CT molecular complexity index is 3470. The van der Waals surface area contributed by atoms with Crippen molar-refractivity contribution in [2.45, 2.75) is 62.4 Å². The molecule has 0 aliphatic carbocycles. The SMILES string of the molecule is CCN(CC)c1ncc(NCCS(=O)(=O)c2cc(F)cc(F)c2)c(NC(Cc2ccc(OC(=O)N(C)C)cc2)C(=O)O)n1.CCN(CC)c1ncc(NCS(=O)(=O)c2cc(F)cc(F)c2)c(NC(Cc2ccc(OC(=O)N(C)C)cc2)C(=O)O)n1. The second-order valence-electron chi connectivity index (χ2n) is 18.9. The third-order valence-electron chi connectivity index (χ3n) is 12.3. The molecular weight excluding hydrogens is 1160 g/mol. The van der Waals surface area contributed by atoms with Gasteiger partial charge in [-0.3, -0.25) is 0 Å². The Morgan fingerprint density at radius 1 is 0.541 bits per heavy atom. The van der Waals surface area contributed by atoms with Gasteiger partial charge in [0, 0.05) is 85.9 Å². The van der Waals surface area contributed by atoms with Gasteiger partial charge in [-0.15, -0.1) is 0 Å². The van der Waals surface area contributed by atoms with E-state index in [-0.39, 0.29) is 54.1 Å². The fourth-order valence-electron chi connectivity index (χ4n) is 7.62. The predicted octanol–water partition coefficient (Wildman–Crippen LogP) is 7.27. The van der Waals surface area contributed by atoms with Gasteiger partial charge in [0.2, 0.25) is 11.9 Å². The molecule has 0 aliphatic rings. The number of rotatable bonds is 27. The zero-order valence-corrected chi connectivity index (χ0v) is 49.3. The van der Waals surface area contributed by atoms with E-state index in [9.17, 15) is 63.8 Å². The number of carbonyl (C=O) groups is 4. The third-order valence-corrected chi connectivity index (χ3v) is 15.4. The normalized spacial score (nSPS) is 11.9. The molecule has 6 rings (SSSR count). The first-order chi connectivity index (χ1) is 40.1. The van der Waals surface area contributed by atoms with Crippen molar-refractivity contribution >= 4 is 78.7 Å². The van der Waals surface area contributed by atoms with Gasteiger partial charge in [-0.1, -0.05) is 24.3 Å². The predicted molar refractivity (Wildman–Crippen MR) is 310 cm³/mol. The highest BCUT2D eigenvalue weighted by molar-refractivity contribution is 7.91. The maximum Gasteiger partial charge on any atom is 0.414 e. The summed E-state index contributed by atoms with van der Waals surface area (Å²) in [6.07, 6.45) is 1.61. The molecule has 6 N–H and O–H groups in total. The van der Waals surface area contributed by atoms with Crippen LogP contribution < -0.4 is 40.5 Å². The van der Waals surface area contributed by atoms with Gasteiger partial charge in [-0.05, 0) is 87.4 Å². The molecule has 0 saturated heterocycles. The van der Waals surface area contributed by atoms with Crippen molar-refractivity contribution in [2.24, 2.45) is 0 Å². The molecule has 0 bridgehead atoms. The van der Waals surface area contributed by atoms with Crippen LogP contribution in [0.2, 0.25) is 0 Å². The van der Waals surface area contributed by atoms with Gasteiger partial charge < -0.3 is 60.6 Å². The van der Waals surface area contributed by atoms with Crippen LogP contribution in [0.3, 0.4) is 0 Å². The Morgan fingerprint density at radius 2 is 0.894 bits per heavy atom. The number of aliphatic carboxylic acids is 2. The van der Waals surface area contributed by atoms with Crippen LogP contribution in [0, 0.1) is 23.3 Å². The highest BCUT2D eigenvalue weighted by Crippen LogP contribution is 2.27. The van der Waals surface area contributed by atoms with E-state index in [0.717, 1.165) is 12.1 Å². The fraction of sp³-hybridized carbons (Fsp3) is 0.345. The van der Waals surface area contributed by atoms with E-state index in [1.165, 1.54) is 34.3 Å². The molecule has 2 heterocycles. The number of sulfone groups is 2. The molecule has 0 spiro atoms. The molecule has 2 aromatic heterocycles. The molecule has 0 saturated carbocycles. The smallest absolute Gasteiger partial charge is 0.414 e. The number of anilines is 6. The van der Waals surface area contributed by atoms with Crippen molar-refractivity contribution in [1.29, 1.82) is 0 Å². The Hall–Kier alpha value is -9.06. The topological polar surface area (TPSA) is 308 Å². The maximum absolute atomic E-state index is 13.6. The van der Waals surface area contributed by atoms with Crippen molar-refractivity contribution < 1.29 is 73.3 Å². The molecule has 2 atom stereocenters. The summed E-state index contributed by atoms with van der Waals surface area (Å²) < 4.78 is 116. The summed E-state index contributed by atoms with van der Waals surface area (Å²) in [6, 6.07) is 14.3. The summed E-state index contributed by atoms with van der Waals surface area (Å²) in [4.78, 5) is 70.7. The molecule has 4 aromatic carbocycles. The molecule has 85 heavy (non-hydrogen) atoms. The number of nitrogens with zero attached hydrogens (tertiary/aromatic N) is 8. The van der Waals surface area contributed by atoms with Gasteiger partial charge in [0.1, 0.15) is 52.7 Å². The zero-order valence-electron chi connectivity index (χ0n) is 47.6. The van der Waals surface area contributed by atoms with Crippen LogP contribution in [0.25, 0.3) is 0 Å². The minimum absolute atomic E-state index is 0.0106. The standard InChI is InChI=1S/C28H34F2N6O6S.C27H32F2N6O6S/c1-5-36(6-2)27-32-17-24(31-11-12-43(40,41)22-15-19(29)14-20(30)16-22)25(34-27)33-23(26(37)38)13-18-7-9-21(10-8-18)42-28(39)35(3)4;1-5-35(6-2)26-30-15-23(31-16-42(39,40)21-13-18(28)12-19(29)14-21)24(33-26)32-22(25(36)37)11-17-7-9-20(10-8-17)41-27(38)34(3)4/h7-10,14-17,23,31H,5-6,11-13H2,1-4H3,(H,37,38)(H,32,33,34);7-10,12-15,22,31H,5-6,11,16H2,1-4H3,(H,36,37)(H,30,32,33). The van der Waals surface area contributed by atoms with Crippen molar-refractivity contribution in [1.82, 2.24) is 29.7 Å². The van der Waals surface area contributed by atoms with E-state index in [1.807, 2.05) is 37.5 Å². The number of halogens is 4. The van der Waals surface area contributed by atoms with E-state index < -0.39 is 101 Å². The van der Waals surface area contributed by atoms with Gasteiger partial charge in [-0.25, -0.2) is 63.5 Å². The minimum Gasteiger partial charge on any atom is -0.480 e. The molecular formula is C55H66F4N12O12S2. The van der Waals surface area contributed by atoms with Crippen LogP contribution in [0.5, 0.6) is 11.5 Å². The molecule has 0 fully saturated rings. The highest BCUT2D eigenvalue weighted by Gasteiger charge is 2.26. The number of hydrogen-bond donors (Lipinski definition) is 6. The molecule has 6 aromatic rings. The third kappa shape index (κ3) is 19.8. The van der Waals surface area contributed by atoms with E-state index >= 15 is 0 Å². The van der Waals surface area contributed by atoms with E-state index in [4.69, 9.17) is 9.47 Å². The van der Waals surface area contributed by atoms with Gasteiger partial charge in [0.25, 0.3) is 0 Å². The van der Waals surface area contributed by atoms with E-state index in [0.29, 0.717) is 73.3 Å². The molecule has 2 amide bonds. The number of aromatic nitrogens is 4. The van der Waals surface area contributed by atoms with E-state index in [1.54, 1.807) is 64.6 Å². The average molecular weight is 1230 g/mol. The molecule has 30 heteroatoms. The lowest BCUT2D eigenvalue weighted by Gasteiger charge is -2.22. The number of carboxylic acids is 2. The summed E-state index contributed by atoms with van der Waals surface area (Å²) in [7, 11) is -2.08. The molecule has 0 aliphatic heterocycles. The van der Waals surface area contributed by atoms with Gasteiger partial charge in [0.05, 0.1) is 39.3 Å². The van der Waals surface area contributed by atoms with Crippen molar-refractivity contribution in [3.63, 3.8) is 0 Å². The van der Waals surface area contributed by atoms with Crippen molar-refractivity contribution in [2.75, 3.05) is 104 Å². The lowest BCUT2D eigenvalue weighted by atomic mass is 10.1. The quantitative estimate of drug-likeness (QED) is 0.0276. The maximum atomic E-state index is 13.6. The van der Waals surface area contributed by atoms with Crippen LogP contribution in [0.4, 0.5) is 62.1 Å². The molecule has 458 valence electrons. The van der Waals surface area contributed by atoms with E-state index in [2.05, 4.69) is 41.2 Å². The highest BCUT2D eigenvalue weighted by atomic mass is 32.2. The number of amides is 2. The Kier molecular flexibility index (Phi) is 23.9. The second-order valence-corrected chi connectivity index (χ2v) is 23.0. The fourth-order valence-corrected chi connectivity index (χ4v) is 9.91. The van der Waals surface area contributed by atoms with Crippen LogP contribution in [0.15, 0.2) is 107 Å².